The van der Waals surface area contributed by atoms with E-state index in [0.29, 0.717) is 31.6 Å². The number of hydrogen-bond acceptors (Lipinski definition) is 15. The Kier molecular flexibility index (Phi) is 57.1. The summed E-state index contributed by atoms with van der Waals surface area (Å²) in [4.78, 5) is 72.3. The van der Waals surface area contributed by atoms with Crippen molar-refractivity contribution in [2.75, 3.05) is 39.6 Å². The van der Waals surface area contributed by atoms with Gasteiger partial charge < -0.3 is 33.8 Å². The minimum Gasteiger partial charge on any atom is -0.462 e. The number of aliphatic hydroxyl groups excluding tert-OH is 1. The van der Waals surface area contributed by atoms with Gasteiger partial charge in [0.25, 0.3) is 0 Å². The van der Waals surface area contributed by atoms with Crippen LogP contribution in [0.4, 0.5) is 0 Å². The van der Waals surface area contributed by atoms with Gasteiger partial charge in [-0.25, -0.2) is 9.13 Å². The molecular formula is C66H128O17P2. The third kappa shape index (κ3) is 60.7. The average Bonchev–Trinajstić information content (AvgIpc) is 3.50. The van der Waals surface area contributed by atoms with Crippen molar-refractivity contribution in [1.29, 1.82) is 0 Å². The highest BCUT2D eigenvalue weighted by molar-refractivity contribution is 7.47. The van der Waals surface area contributed by atoms with Crippen LogP contribution in [0.3, 0.4) is 0 Å². The number of esters is 4. The maximum atomic E-state index is 13.0. The van der Waals surface area contributed by atoms with Gasteiger partial charge in [0.1, 0.15) is 19.3 Å². The highest BCUT2D eigenvalue weighted by atomic mass is 31.2. The third-order valence-corrected chi connectivity index (χ3v) is 17.1. The number of carbonyl (C=O) groups excluding carboxylic acids is 4. The van der Waals surface area contributed by atoms with Gasteiger partial charge in [0.05, 0.1) is 26.4 Å². The topological polar surface area (TPSA) is 237 Å². The molecule has 0 spiro atoms. The zero-order valence-electron chi connectivity index (χ0n) is 54.9. The third-order valence-electron chi connectivity index (χ3n) is 15.2. The fourth-order valence-electron chi connectivity index (χ4n) is 9.88. The molecule has 504 valence electrons. The fraction of sp³-hybridized carbons (Fsp3) is 0.939. The van der Waals surface area contributed by atoms with Crippen molar-refractivity contribution in [3.63, 3.8) is 0 Å². The highest BCUT2D eigenvalue weighted by Crippen LogP contribution is 2.45. The van der Waals surface area contributed by atoms with E-state index in [4.69, 9.17) is 37.0 Å². The Hall–Kier alpha value is -1.94. The molecule has 0 amide bonds. The van der Waals surface area contributed by atoms with E-state index in [1.165, 1.54) is 141 Å². The number of phosphoric acid groups is 2. The Balaban J connectivity index is 5.24. The number of hydrogen-bond donors (Lipinski definition) is 3. The Morgan fingerprint density at radius 3 is 0.800 bits per heavy atom. The monoisotopic (exact) mass is 1250 g/mol. The van der Waals surface area contributed by atoms with Gasteiger partial charge in [-0.15, -0.1) is 0 Å². The van der Waals surface area contributed by atoms with E-state index in [2.05, 4.69) is 41.5 Å². The maximum absolute atomic E-state index is 13.0. The molecule has 0 aliphatic rings. The molecular weight excluding hydrogens is 1130 g/mol. The van der Waals surface area contributed by atoms with Crippen LogP contribution in [-0.4, -0.2) is 96.7 Å². The van der Waals surface area contributed by atoms with Crippen LogP contribution >= 0.6 is 15.6 Å². The Bertz CT molecular complexity index is 1670. The van der Waals surface area contributed by atoms with Crippen LogP contribution in [0.15, 0.2) is 0 Å². The van der Waals surface area contributed by atoms with Crippen molar-refractivity contribution < 1.29 is 80.2 Å². The van der Waals surface area contributed by atoms with Crippen molar-refractivity contribution in [1.82, 2.24) is 0 Å². The summed E-state index contributed by atoms with van der Waals surface area (Å²) < 4.78 is 68.1. The first-order chi connectivity index (χ1) is 40.9. The van der Waals surface area contributed by atoms with E-state index in [-0.39, 0.29) is 25.7 Å². The van der Waals surface area contributed by atoms with Gasteiger partial charge in [-0.05, 0) is 37.5 Å². The first-order valence-corrected chi connectivity index (χ1v) is 37.5. The molecule has 0 aliphatic heterocycles. The van der Waals surface area contributed by atoms with E-state index < -0.39 is 97.5 Å². The summed E-state index contributed by atoms with van der Waals surface area (Å²) in [5, 5.41) is 10.5. The summed E-state index contributed by atoms with van der Waals surface area (Å²) in [6.45, 7) is 9.42. The number of carbonyl (C=O) groups is 4. The number of unbranched alkanes of at least 4 members (excludes halogenated alkanes) is 35. The Labute approximate surface area is 517 Å². The molecule has 19 heteroatoms. The first-order valence-electron chi connectivity index (χ1n) is 34.5. The molecule has 3 N–H and O–H groups in total. The second-order valence-corrected chi connectivity index (χ2v) is 27.7. The van der Waals surface area contributed by atoms with Crippen molar-refractivity contribution >= 4 is 39.5 Å². The molecule has 0 aromatic rings. The highest BCUT2D eigenvalue weighted by Gasteiger charge is 2.30. The minimum absolute atomic E-state index is 0.106. The van der Waals surface area contributed by atoms with Crippen LogP contribution < -0.4 is 0 Å². The SMILES string of the molecule is CCCCCCCCCCCCCCC(=O)OC[C@H](COP(=O)(O)OC[C@@H](O)COP(=O)(O)OC[C@@H](COC(=O)CCCCCCCCC(C)C)OC(=O)CCCCCCCCCCCCC)OC(=O)CCCCCCCCCCCCC(C)C. The molecule has 0 aromatic heterocycles. The van der Waals surface area contributed by atoms with E-state index in [1.807, 2.05) is 0 Å². The predicted molar refractivity (Wildman–Crippen MR) is 340 cm³/mol. The summed E-state index contributed by atoms with van der Waals surface area (Å²) in [5.41, 5.74) is 0. The molecule has 0 fully saturated rings. The van der Waals surface area contributed by atoms with E-state index in [1.54, 1.807) is 0 Å². The smallest absolute Gasteiger partial charge is 0.462 e. The first kappa shape index (κ1) is 83.1. The lowest BCUT2D eigenvalue weighted by Crippen LogP contribution is -2.30. The quantitative estimate of drug-likeness (QED) is 0.0222. The van der Waals surface area contributed by atoms with Crippen molar-refractivity contribution in [3.05, 3.63) is 0 Å². The van der Waals surface area contributed by atoms with Gasteiger partial charge in [0.2, 0.25) is 0 Å². The molecule has 17 nitrogen and oxygen atoms in total. The molecule has 0 saturated heterocycles. The zero-order chi connectivity index (χ0) is 62.9. The summed E-state index contributed by atoms with van der Waals surface area (Å²) in [6, 6.07) is 0. The Morgan fingerprint density at radius 1 is 0.318 bits per heavy atom. The Morgan fingerprint density at radius 2 is 0.541 bits per heavy atom. The molecule has 0 heterocycles. The van der Waals surface area contributed by atoms with E-state index in [0.717, 1.165) is 102 Å². The normalized spacial score (nSPS) is 14.2. The molecule has 2 unspecified atom stereocenters. The summed E-state index contributed by atoms with van der Waals surface area (Å²) >= 11 is 0. The fourth-order valence-corrected chi connectivity index (χ4v) is 11.5. The summed E-state index contributed by atoms with van der Waals surface area (Å²) in [7, 11) is -9.89. The van der Waals surface area contributed by atoms with Crippen molar-refractivity contribution in [2.45, 2.75) is 349 Å². The molecule has 0 saturated carbocycles. The molecule has 0 aliphatic carbocycles. The summed E-state index contributed by atoms with van der Waals surface area (Å²) in [5.74, 6) is -0.699. The van der Waals surface area contributed by atoms with Crippen molar-refractivity contribution in [2.24, 2.45) is 11.8 Å². The molecule has 5 atom stereocenters. The van der Waals surface area contributed by atoms with Gasteiger partial charge >= 0.3 is 39.5 Å². The van der Waals surface area contributed by atoms with Crippen LogP contribution in [-0.2, 0) is 65.4 Å². The van der Waals surface area contributed by atoms with Gasteiger partial charge in [0, 0.05) is 25.7 Å². The average molecular weight is 1260 g/mol. The predicted octanol–water partition coefficient (Wildman–Crippen LogP) is 18.4. The largest absolute Gasteiger partial charge is 0.472 e. The van der Waals surface area contributed by atoms with E-state index in [9.17, 15) is 43.2 Å². The molecule has 0 bridgehead atoms. The second-order valence-electron chi connectivity index (χ2n) is 24.8. The lowest BCUT2D eigenvalue weighted by atomic mass is 10.0. The van der Waals surface area contributed by atoms with Crippen LogP contribution in [0.2, 0.25) is 0 Å². The van der Waals surface area contributed by atoms with Gasteiger partial charge in [-0.2, -0.15) is 0 Å². The van der Waals surface area contributed by atoms with E-state index >= 15 is 0 Å². The molecule has 85 heavy (non-hydrogen) atoms. The maximum Gasteiger partial charge on any atom is 0.472 e. The number of phosphoric ester groups is 2. The molecule has 0 radical (unpaired) electrons. The lowest BCUT2D eigenvalue weighted by Gasteiger charge is -2.21. The molecule has 0 rings (SSSR count). The second kappa shape index (κ2) is 58.4. The van der Waals surface area contributed by atoms with Crippen LogP contribution in [0.25, 0.3) is 0 Å². The number of ether oxygens (including phenoxy) is 4. The minimum atomic E-state index is -4.95. The number of aliphatic hydroxyl groups is 1. The van der Waals surface area contributed by atoms with Crippen LogP contribution in [0.1, 0.15) is 330 Å². The van der Waals surface area contributed by atoms with Crippen LogP contribution in [0, 0.1) is 11.8 Å². The summed E-state index contributed by atoms with van der Waals surface area (Å²) in [6.07, 6.45) is 41.7. The zero-order valence-corrected chi connectivity index (χ0v) is 56.7. The van der Waals surface area contributed by atoms with Crippen LogP contribution in [0.5, 0.6) is 0 Å². The standard InChI is InChI=1S/C66H128O17P2/c1-7-9-11-13-15-17-19-21-25-29-36-42-48-63(68)76-54-61(82-66(71)51-45-39-31-27-23-22-24-28-34-40-46-58(3)4)56-80-84(72,73)78-52-60(67)53-79-85(74,75)81-57-62(55-77-64(69)49-43-37-33-32-35-41-47-59(5)6)83-65(70)50-44-38-30-26-20-18-16-14-12-10-8-2/h58-62,67H,7-57H2,1-6H3,(H,72,73)(H,74,75)/t60-,61-,62-/m1/s1. The van der Waals surface area contributed by atoms with Gasteiger partial charge in [-0.1, -0.05) is 279 Å². The van der Waals surface area contributed by atoms with Crippen molar-refractivity contribution in [3.8, 4) is 0 Å². The van der Waals surface area contributed by atoms with Gasteiger partial charge in [-0.3, -0.25) is 37.3 Å². The number of rotatable bonds is 65. The van der Waals surface area contributed by atoms with Gasteiger partial charge in [0.15, 0.2) is 12.2 Å². The lowest BCUT2D eigenvalue weighted by molar-refractivity contribution is -0.161. The molecule has 0 aromatic carbocycles.